The van der Waals surface area contributed by atoms with E-state index in [9.17, 15) is 14.7 Å². The molecule has 1 aliphatic rings. The van der Waals surface area contributed by atoms with E-state index in [1.165, 1.54) is 0 Å². The van der Waals surface area contributed by atoms with E-state index in [-0.39, 0.29) is 12.3 Å². The second kappa shape index (κ2) is 5.11. The first-order valence-electron chi connectivity index (χ1n) is 6.89. The molecule has 0 radical (unpaired) electrons. The van der Waals surface area contributed by atoms with Crippen LogP contribution < -0.4 is 5.32 Å². The molecule has 21 heavy (non-hydrogen) atoms. The van der Waals surface area contributed by atoms with Gasteiger partial charge in [0.1, 0.15) is 0 Å². The Morgan fingerprint density at radius 1 is 1.43 bits per heavy atom. The van der Waals surface area contributed by atoms with E-state index in [4.69, 9.17) is 0 Å². The number of thiazole rings is 1. The average Bonchev–Trinajstić information content (AvgIpc) is 2.72. The summed E-state index contributed by atoms with van der Waals surface area (Å²) in [5.74, 6) is -1.10. The van der Waals surface area contributed by atoms with Gasteiger partial charge in [0.15, 0.2) is 0 Å². The first-order chi connectivity index (χ1) is 9.98. The van der Waals surface area contributed by atoms with Crippen LogP contribution in [0.4, 0.5) is 5.69 Å². The Bertz CT molecular complexity index is 719. The Morgan fingerprint density at radius 3 is 2.81 bits per heavy atom. The third-order valence-electron chi connectivity index (χ3n) is 4.04. The van der Waals surface area contributed by atoms with E-state index < -0.39 is 11.4 Å². The quantitative estimate of drug-likeness (QED) is 0.909. The van der Waals surface area contributed by atoms with Gasteiger partial charge in [-0.2, -0.15) is 0 Å². The summed E-state index contributed by atoms with van der Waals surface area (Å²) < 4.78 is 1.02. The molecule has 1 aromatic carbocycles. The van der Waals surface area contributed by atoms with Crippen LogP contribution in [-0.2, 0) is 9.59 Å². The zero-order valence-electron chi connectivity index (χ0n) is 11.7. The maximum atomic E-state index is 12.1. The van der Waals surface area contributed by atoms with Crippen LogP contribution in [0.25, 0.3) is 10.2 Å². The summed E-state index contributed by atoms with van der Waals surface area (Å²) in [7, 11) is 0. The predicted molar refractivity (Wildman–Crippen MR) is 81.5 cm³/mol. The lowest BCUT2D eigenvalue weighted by atomic mass is 9.66. The molecule has 2 aromatic rings. The van der Waals surface area contributed by atoms with Gasteiger partial charge < -0.3 is 10.4 Å². The summed E-state index contributed by atoms with van der Waals surface area (Å²) in [6.07, 6.45) is 2.10. The molecule has 1 fully saturated rings. The van der Waals surface area contributed by atoms with Crippen molar-refractivity contribution in [3.8, 4) is 0 Å². The Balaban J connectivity index is 1.72. The SMILES string of the molecule is Cc1nc2ccc(NC(=O)CC3(C(=O)O)CCC3)cc2s1. The van der Waals surface area contributed by atoms with E-state index in [1.54, 1.807) is 17.4 Å². The molecule has 6 heteroatoms. The van der Waals surface area contributed by atoms with E-state index in [0.717, 1.165) is 21.6 Å². The molecule has 0 saturated heterocycles. The number of aryl methyl sites for hydroxylation is 1. The molecule has 0 aliphatic heterocycles. The van der Waals surface area contributed by atoms with E-state index in [2.05, 4.69) is 10.3 Å². The Morgan fingerprint density at radius 2 is 2.19 bits per heavy atom. The predicted octanol–water partition coefficient (Wildman–Crippen LogP) is 3.19. The van der Waals surface area contributed by atoms with Crippen LogP contribution in [-0.4, -0.2) is 22.0 Å². The minimum absolute atomic E-state index is 0.0437. The molecule has 2 N–H and O–H groups in total. The molecule has 0 atom stereocenters. The van der Waals surface area contributed by atoms with Crippen LogP contribution in [0.2, 0.25) is 0 Å². The largest absolute Gasteiger partial charge is 0.481 e. The van der Waals surface area contributed by atoms with Crippen LogP contribution in [0, 0.1) is 12.3 Å². The molecule has 1 heterocycles. The molecule has 3 rings (SSSR count). The third-order valence-corrected chi connectivity index (χ3v) is 4.98. The number of amides is 1. The smallest absolute Gasteiger partial charge is 0.310 e. The fraction of sp³-hybridized carbons (Fsp3) is 0.400. The second-order valence-corrected chi connectivity index (χ2v) is 6.81. The number of carboxylic acids is 1. The maximum Gasteiger partial charge on any atom is 0.310 e. The van der Waals surface area contributed by atoms with Gasteiger partial charge in [0.25, 0.3) is 0 Å². The number of benzene rings is 1. The van der Waals surface area contributed by atoms with E-state index in [1.807, 2.05) is 19.1 Å². The summed E-state index contributed by atoms with van der Waals surface area (Å²) in [6.45, 7) is 1.94. The lowest BCUT2D eigenvalue weighted by molar-refractivity contribution is -0.157. The van der Waals surface area contributed by atoms with E-state index in [0.29, 0.717) is 18.5 Å². The standard InChI is InChI=1S/C15H16N2O3S/c1-9-16-11-4-3-10(7-12(11)21-9)17-13(18)8-15(14(19)20)5-2-6-15/h3-4,7H,2,5-6,8H2,1H3,(H,17,18)(H,19,20). The maximum absolute atomic E-state index is 12.1. The number of rotatable bonds is 4. The van der Waals surface area contributed by atoms with Crippen LogP contribution in [0.5, 0.6) is 0 Å². The summed E-state index contributed by atoms with van der Waals surface area (Å²) >= 11 is 1.57. The Hall–Kier alpha value is -1.95. The molecule has 1 aliphatic carbocycles. The van der Waals surface area contributed by atoms with Crippen molar-refractivity contribution in [1.29, 1.82) is 0 Å². The number of nitrogens with zero attached hydrogens (tertiary/aromatic N) is 1. The summed E-state index contributed by atoms with van der Waals surface area (Å²) in [5, 5.41) is 13.0. The van der Waals surface area contributed by atoms with E-state index >= 15 is 0 Å². The number of hydrogen-bond donors (Lipinski definition) is 2. The molecule has 0 unspecified atom stereocenters. The Labute approximate surface area is 126 Å². The van der Waals surface area contributed by atoms with Gasteiger partial charge in [-0.15, -0.1) is 11.3 Å². The molecule has 5 nitrogen and oxygen atoms in total. The molecular formula is C15H16N2O3S. The molecular weight excluding hydrogens is 288 g/mol. The fourth-order valence-electron chi connectivity index (χ4n) is 2.70. The van der Waals surface area contributed by atoms with Gasteiger partial charge in [-0.1, -0.05) is 6.42 Å². The molecule has 1 aromatic heterocycles. The summed E-state index contributed by atoms with van der Waals surface area (Å²) in [5.41, 5.74) is 0.752. The number of carbonyl (C=O) groups is 2. The number of anilines is 1. The number of hydrogen-bond acceptors (Lipinski definition) is 4. The molecule has 110 valence electrons. The number of carbonyl (C=O) groups excluding carboxylic acids is 1. The Kier molecular flexibility index (Phi) is 3.41. The van der Waals surface area contributed by atoms with Gasteiger partial charge in [0.2, 0.25) is 5.91 Å². The van der Waals surface area contributed by atoms with Crippen molar-refractivity contribution in [1.82, 2.24) is 4.98 Å². The lowest BCUT2D eigenvalue weighted by Gasteiger charge is -2.36. The highest BCUT2D eigenvalue weighted by atomic mass is 32.1. The molecule has 1 amide bonds. The first-order valence-corrected chi connectivity index (χ1v) is 7.71. The highest BCUT2D eigenvalue weighted by Gasteiger charge is 2.45. The number of nitrogens with one attached hydrogen (secondary N) is 1. The van der Waals surface area contributed by atoms with Crippen LogP contribution in [0.15, 0.2) is 18.2 Å². The van der Waals surface area contributed by atoms with Gasteiger partial charge in [-0.05, 0) is 38.0 Å². The van der Waals surface area contributed by atoms with Crippen molar-refractivity contribution in [2.45, 2.75) is 32.6 Å². The van der Waals surface area contributed by atoms with Crippen LogP contribution in [0.3, 0.4) is 0 Å². The highest BCUT2D eigenvalue weighted by molar-refractivity contribution is 7.18. The van der Waals surface area contributed by atoms with Crippen molar-refractivity contribution in [2.75, 3.05) is 5.32 Å². The summed E-state index contributed by atoms with van der Waals surface area (Å²) in [4.78, 5) is 27.7. The number of aromatic nitrogens is 1. The molecule has 1 saturated carbocycles. The molecule has 0 bridgehead atoms. The molecule has 0 spiro atoms. The number of aliphatic carboxylic acids is 1. The van der Waals surface area contributed by atoms with Gasteiger partial charge in [0.05, 0.1) is 20.6 Å². The van der Waals surface area contributed by atoms with Crippen LogP contribution >= 0.6 is 11.3 Å². The van der Waals surface area contributed by atoms with Crippen molar-refractivity contribution in [3.63, 3.8) is 0 Å². The van der Waals surface area contributed by atoms with Crippen molar-refractivity contribution >= 4 is 39.1 Å². The second-order valence-electron chi connectivity index (χ2n) is 5.58. The first kappa shape index (κ1) is 14.0. The average molecular weight is 304 g/mol. The third kappa shape index (κ3) is 2.63. The van der Waals surface area contributed by atoms with Crippen molar-refractivity contribution in [2.24, 2.45) is 5.41 Å². The van der Waals surface area contributed by atoms with Gasteiger partial charge >= 0.3 is 5.97 Å². The fourth-order valence-corrected chi connectivity index (χ4v) is 3.57. The van der Waals surface area contributed by atoms with Crippen LogP contribution in [0.1, 0.15) is 30.7 Å². The zero-order chi connectivity index (χ0) is 15.0. The monoisotopic (exact) mass is 304 g/mol. The normalized spacial score (nSPS) is 16.4. The number of carboxylic acid groups (broad SMARTS) is 1. The van der Waals surface area contributed by atoms with Crippen molar-refractivity contribution < 1.29 is 14.7 Å². The van der Waals surface area contributed by atoms with Gasteiger partial charge in [0, 0.05) is 12.1 Å². The van der Waals surface area contributed by atoms with Gasteiger partial charge in [-0.3, -0.25) is 9.59 Å². The minimum atomic E-state index is -0.863. The number of fused-ring (bicyclic) bond motifs is 1. The highest BCUT2D eigenvalue weighted by Crippen LogP contribution is 2.44. The zero-order valence-corrected chi connectivity index (χ0v) is 12.5. The van der Waals surface area contributed by atoms with Gasteiger partial charge in [-0.25, -0.2) is 4.98 Å². The summed E-state index contributed by atoms with van der Waals surface area (Å²) in [6, 6.07) is 5.55. The topological polar surface area (TPSA) is 79.3 Å². The van der Waals surface area contributed by atoms with Crippen molar-refractivity contribution in [3.05, 3.63) is 23.2 Å². The minimum Gasteiger partial charge on any atom is -0.481 e. The lowest BCUT2D eigenvalue weighted by Crippen LogP contribution is -2.41.